The second-order valence-electron chi connectivity index (χ2n) is 5.13. The van der Waals surface area contributed by atoms with Crippen molar-refractivity contribution >= 4 is 0 Å². The lowest BCUT2D eigenvalue weighted by Crippen LogP contribution is -2.48. The average molecular weight is 335 g/mol. The first-order valence-corrected chi connectivity index (χ1v) is 6.97. The molecule has 0 radical (unpaired) electrons. The van der Waals surface area contributed by atoms with Crippen LogP contribution in [0.3, 0.4) is 0 Å². The maximum atomic E-state index is 11.3. The highest BCUT2D eigenvalue weighted by Gasteiger charge is 2.38. The topological polar surface area (TPSA) is 41.9 Å². The summed E-state index contributed by atoms with van der Waals surface area (Å²) in [6.07, 6.45) is -14.6. The summed E-state index contributed by atoms with van der Waals surface area (Å²) in [6, 6.07) is -1.19. The number of aryl methyl sites for hydroxylation is 1. The van der Waals surface area contributed by atoms with Crippen molar-refractivity contribution < 1.29 is 35.1 Å². The molecule has 0 aromatic heterocycles. The molecule has 0 amide bonds. The number of nitrogens with zero attached hydrogens (tertiary/aromatic N) is 1. The molecule has 2 aliphatic heterocycles. The van der Waals surface area contributed by atoms with Crippen LogP contribution in [0, 0.1) is 11.8 Å². The van der Waals surface area contributed by atoms with E-state index in [1.807, 2.05) is 0 Å². The van der Waals surface area contributed by atoms with E-state index in [-0.39, 0.29) is 16.4 Å². The Morgan fingerprint density at radius 3 is 2.96 bits per heavy atom. The molecule has 1 saturated heterocycles. The van der Waals surface area contributed by atoms with E-state index in [1.165, 1.54) is 14.2 Å². The van der Waals surface area contributed by atoms with Crippen molar-refractivity contribution in [3.8, 4) is 11.5 Å². The Balaban J connectivity index is 2.48. The van der Waals surface area contributed by atoms with Crippen molar-refractivity contribution in [1.82, 2.24) is 4.90 Å². The van der Waals surface area contributed by atoms with E-state index in [9.17, 15) is 6.48 Å². The molecule has 4 atom stereocenters. The summed E-state index contributed by atoms with van der Waals surface area (Å²) in [5.41, 5.74) is -1.16. The molecule has 1 aromatic rings. The number of aliphatic hydroxyl groups is 1. The van der Waals surface area contributed by atoms with Gasteiger partial charge in [-0.25, -0.2) is 0 Å². The van der Waals surface area contributed by atoms with Crippen molar-refractivity contribution in [2.24, 2.45) is 11.8 Å². The van der Waals surface area contributed by atoms with Gasteiger partial charge in [-0.1, -0.05) is 13.8 Å². The van der Waals surface area contributed by atoms with Crippen LogP contribution in [0.1, 0.15) is 64.2 Å². The van der Waals surface area contributed by atoms with Crippen LogP contribution in [0.2, 0.25) is 0 Å². The van der Waals surface area contributed by atoms with Crippen LogP contribution in [-0.2, 0) is 6.37 Å². The second-order valence-corrected chi connectivity index (χ2v) is 5.13. The van der Waals surface area contributed by atoms with E-state index in [4.69, 9.17) is 28.7 Å². The lowest BCUT2D eigenvalue weighted by atomic mass is 9.79. The van der Waals surface area contributed by atoms with Crippen molar-refractivity contribution in [3.63, 3.8) is 0 Å². The lowest BCUT2D eigenvalue weighted by molar-refractivity contribution is -0.0191. The van der Waals surface area contributed by atoms with E-state index in [0.717, 1.165) is 12.1 Å². The summed E-state index contributed by atoms with van der Waals surface area (Å²) in [5, 5.41) is 11.3. The maximum absolute atomic E-state index is 11.3. The van der Waals surface area contributed by atoms with Gasteiger partial charge in [0, 0.05) is 36.9 Å². The Kier molecular flexibility index (Phi) is 1.81. The lowest BCUT2D eigenvalue weighted by Gasteiger charge is -2.46. The van der Waals surface area contributed by atoms with Gasteiger partial charge in [-0.2, -0.15) is 0 Å². The third-order valence-electron chi connectivity index (χ3n) is 3.55. The Morgan fingerprint density at radius 2 is 2.26 bits per heavy atom. The molecule has 0 aliphatic carbocycles. The van der Waals surface area contributed by atoms with Crippen LogP contribution in [0.15, 0.2) is 12.1 Å². The van der Waals surface area contributed by atoms with Gasteiger partial charge < -0.3 is 14.6 Å². The molecule has 128 valence electrons. The third kappa shape index (κ3) is 3.20. The van der Waals surface area contributed by atoms with Gasteiger partial charge >= 0.3 is 0 Å². The number of hydrogen-bond acceptors (Lipinski definition) is 4. The molecule has 1 N–H and O–H groups in total. The molecular formula is C19H29NO3. The van der Waals surface area contributed by atoms with Gasteiger partial charge in [0.1, 0.15) is 0 Å². The smallest absolute Gasteiger partial charge is 0.161 e. The zero-order valence-electron chi connectivity index (χ0n) is 28.1. The molecule has 0 saturated carbocycles. The predicted octanol–water partition coefficient (Wildman–Crippen LogP) is 3.03. The molecule has 0 bridgehead atoms. The van der Waals surface area contributed by atoms with E-state index in [2.05, 4.69) is 0 Å². The van der Waals surface area contributed by atoms with Crippen molar-refractivity contribution in [2.45, 2.75) is 45.0 Å². The number of rotatable bonds is 4. The normalized spacial score (nSPS) is 57.0. The zero-order chi connectivity index (χ0) is 29.9. The zero-order valence-corrected chi connectivity index (χ0v) is 13.1. The van der Waals surface area contributed by atoms with Crippen molar-refractivity contribution in [1.29, 1.82) is 0 Å². The maximum Gasteiger partial charge on any atom is 0.161 e. The molecule has 23 heavy (non-hydrogen) atoms. The summed E-state index contributed by atoms with van der Waals surface area (Å²) in [7, 11) is 2.40. The molecule has 2 aliphatic rings. The van der Waals surface area contributed by atoms with Crippen LogP contribution in [0.5, 0.6) is 11.5 Å². The quantitative estimate of drug-likeness (QED) is 0.919. The fourth-order valence-corrected chi connectivity index (χ4v) is 2.51. The van der Waals surface area contributed by atoms with Crippen LogP contribution >= 0.6 is 0 Å². The van der Waals surface area contributed by atoms with Crippen LogP contribution in [0.4, 0.5) is 0 Å². The van der Waals surface area contributed by atoms with Gasteiger partial charge in [-0.15, -0.1) is 0 Å². The first kappa shape index (κ1) is 6.23. The van der Waals surface area contributed by atoms with E-state index < -0.39 is 74.0 Å². The number of piperidine rings is 1. The first-order chi connectivity index (χ1) is 16.7. The molecule has 0 spiro atoms. The Labute approximate surface area is 160 Å². The minimum atomic E-state index is -3.97. The number of fused-ring (bicyclic) bond motifs is 3. The number of benzene rings is 1. The molecule has 3 rings (SSSR count). The van der Waals surface area contributed by atoms with Crippen LogP contribution in [0.25, 0.3) is 0 Å². The van der Waals surface area contributed by atoms with Gasteiger partial charge in [0.05, 0.1) is 23.0 Å². The summed E-state index contributed by atoms with van der Waals surface area (Å²) < 4.78 is 137. The van der Waals surface area contributed by atoms with Gasteiger partial charge in [0.25, 0.3) is 0 Å². The second kappa shape index (κ2) is 6.70. The van der Waals surface area contributed by atoms with Crippen LogP contribution < -0.4 is 9.47 Å². The molecule has 1 aromatic carbocycles. The number of hydrogen-bond donors (Lipinski definition) is 1. The predicted molar refractivity (Wildman–Crippen MR) is 91.1 cm³/mol. The molecule has 4 nitrogen and oxygen atoms in total. The Bertz CT molecular complexity index is 1140. The van der Waals surface area contributed by atoms with E-state index >= 15 is 0 Å². The summed E-state index contributed by atoms with van der Waals surface area (Å²) in [5.74, 6) is -7.07. The van der Waals surface area contributed by atoms with Gasteiger partial charge in [-0.05, 0) is 54.2 Å². The van der Waals surface area contributed by atoms with Crippen LogP contribution in [-0.4, -0.2) is 43.3 Å². The highest BCUT2D eigenvalue weighted by atomic mass is 16.5. The Hall–Kier alpha value is -1.26. The fourth-order valence-electron chi connectivity index (χ4n) is 2.51. The Morgan fingerprint density at radius 1 is 1.52 bits per heavy atom. The largest absolute Gasteiger partial charge is 0.493 e. The van der Waals surface area contributed by atoms with E-state index in [1.54, 1.807) is 0 Å². The monoisotopic (exact) mass is 334 g/mol. The van der Waals surface area contributed by atoms with Crippen molar-refractivity contribution in [2.75, 3.05) is 27.3 Å². The molecular weight excluding hydrogens is 290 g/mol. The first-order valence-electron chi connectivity index (χ1n) is 14.5. The van der Waals surface area contributed by atoms with Crippen molar-refractivity contribution in [3.05, 3.63) is 23.3 Å². The minimum absolute atomic E-state index is 0.0886. The minimum Gasteiger partial charge on any atom is -0.493 e. The van der Waals surface area contributed by atoms with Gasteiger partial charge in [-0.3, -0.25) is 4.90 Å². The third-order valence-corrected chi connectivity index (χ3v) is 3.55. The number of ether oxygens (including phenoxy) is 2. The van der Waals surface area contributed by atoms with Gasteiger partial charge in [0.2, 0.25) is 0 Å². The average Bonchev–Trinajstić information content (AvgIpc) is 2.77. The molecule has 2 heterocycles. The van der Waals surface area contributed by atoms with E-state index in [0.29, 0.717) is 6.92 Å². The summed E-state index contributed by atoms with van der Waals surface area (Å²) in [4.78, 5) is 0.178. The number of methoxy groups -OCH3 is 2. The fraction of sp³-hybridized carbons (Fsp3) is 0.684. The summed E-state index contributed by atoms with van der Waals surface area (Å²) in [6.45, 7) is -7.78. The molecule has 4 unspecified atom stereocenters. The highest BCUT2D eigenvalue weighted by Crippen LogP contribution is 2.43. The standard InChI is InChI=1S/C19H29NO3/c1-12(2)7-14-11-20-6-5-13-8-18(22-3)19(23-4)9-15(13)16(20)10-17(14)21/h8-9,12,14,16-17,21H,5-7,10-11H2,1-4H3/i1D3,5D2,6D2,7D2,10D2,12D,14D,16D,17D. The molecule has 1 fully saturated rings. The molecule has 4 heteroatoms. The van der Waals surface area contributed by atoms with Gasteiger partial charge in [0.15, 0.2) is 11.5 Å². The SMILES string of the molecule is [2H]C([2H])([2H])C([2H])(C)C([2H])([2H])C1([2H])CN2C([2H])([2H])C([2H])([2H])c3cc(OC)c(OC)cc3C2([2H])C([2H])([2H])C1([2H])O. The highest BCUT2D eigenvalue weighted by molar-refractivity contribution is 5.49. The summed E-state index contributed by atoms with van der Waals surface area (Å²) >= 11 is 0.